The van der Waals surface area contributed by atoms with Crippen molar-refractivity contribution in [1.29, 1.82) is 0 Å². The zero-order valence-corrected chi connectivity index (χ0v) is 17.0. The standard InChI is InChI=1S/C16H26N4O3.HI/c1-20(2)15(21)8-10-19-16(17)18-9-7-12-5-6-13(22-3)14(11-12)23-4;/h5-6,11H,7-10H2,1-4H3,(H3,17,18,19);1H. The van der Waals surface area contributed by atoms with Crippen molar-refractivity contribution in [2.45, 2.75) is 12.8 Å². The number of halogens is 1. The van der Waals surface area contributed by atoms with Crippen LogP contribution in [0.2, 0.25) is 0 Å². The number of aliphatic imine (C=N–C) groups is 1. The van der Waals surface area contributed by atoms with Crippen LogP contribution in [0.4, 0.5) is 0 Å². The molecule has 0 bridgehead atoms. The van der Waals surface area contributed by atoms with E-state index in [-0.39, 0.29) is 29.9 Å². The molecule has 1 aromatic rings. The predicted molar refractivity (Wildman–Crippen MR) is 106 cm³/mol. The van der Waals surface area contributed by atoms with E-state index in [1.807, 2.05) is 18.2 Å². The maximum Gasteiger partial charge on any atom is 0.223 e. The maximum atomic E-state index is 11.4. The van der Waals surface area contributed by atoms with E-state index < -0.39 is 0 Å². The second-order valence-electron chi connectivity index (χ2n) is 5.17. The number of nitrogens with zero attached hydrogens (tertiary/aromatic N) is 2. The molecular weight excluding hydrogens is 423 g/mol. The van der Waals surface area contributed by atoms with Crippen LogP contribution in [0, 0.1) is 0 Å². The molecule has 0 atom stereocenters. The summed E-state index contributed by atoms with van der Waals surface area (Å²) in [5.41, 5.74) is 6.87. The molecule has 1 amide bonds. The second-order valence-corrected chi connectivity index (χ2v) is 5.17. The number of rotatable bonds is 8. The minimum atomic E-state index is 0. The van der Waals surface area contributed by atoms with Crippen LogP contribution in [0.5, 0.6) is 11.5 Å². The van der Waals surface area contributed by atoms with Crippen molar-refractivity contribution in [3.8, 4) is 11.5 Å². The summed E-state index contributed by atoms with van der Waals surface area (Å²) in [7, 11) is 6.66. The van der Waals surface area contributed by atoms with Crippen LogP contribution in [-0.4, -0.2) is 58.2 Å². The molecule has 24 heavy (non-hydrogen) atoms. The lowest BCUT2D eigenvalue weighted by atomic mass is 10.1. The van der Waals surface area contributed by atoms with E-state index in [9.17, 15) is 4.79 Å². The second kappa shape index (κ2) is 11.8. The van der Waals surface area contributed by atoms with E-state index in [4.69, 9.17) is 15.2 Å². The van der Waals surface area contributed by atoms with Gasteiger partial charge in [0.25, 0.3) is 0 Å². The van der Waals surface area contributed by atoms with Crippen LogP contribution < -0.4 is 20.5 Å². The highest BCUT2D eigenvalue weighted by molar-refractivity contribution is 14.0. The number of benzene rings is 1. The molecule has 0 saturated carbocycles. The molecule has 0 radical (unpaired) electrons. The molecule has 1 rings (SSSR count). The first-order chi connectivity index (χ1) is 11.0. The van der Waals surface area contributed by atoms with E-state index in [0.717, 1.165) is 12.0 Å². The summed E-state index contributed by atoms with van der Waals surface area (Å²) in [5, 5.41) is 3.03. The number of guanidine groups is 1. The highest BCUT2D eigenvalue weighted by atomic mass is 127. The van der Waals surface area contributed by atoms with Gasteiger partial charge in [-0.1, -0.05) is 6.07 Å². The number of nitrogens with one attached hydrogen (secondary N) is 1. The molecule has 0 spiro atoms. The van der Waals surface area contributed by atoms with Crippen LogP contribution in [-0.2, 0) is 11.2 Å². The summed E-state index contributed by atoms with van der Waals surface area (Å²) in [6, 6.07) is 5.79. The Kier molecular flexibility index (Phi) is 10.9. The lowest BCUT2D eigenvalue weighted by Gasteiger charge is -2.10. The average molecular weight is 450 g/mol. The molecule has 0 aliphatic heterocycles. The van der Waals surface area contributed by atoms with Crippen LogP contribution in [0.3, 0.4) is 0 Å². The first-order valence-corrected chi connectivity index (χ1v) is 7.42. The van der Waals surface area contributed by atoms with Crippen molar-refractivity contribution in [2.24, 2.45) is 10.7 Å². The monoisotopic (exact) mass is 450 g/mol. The van der Waals surface area contributed by atoms with Crippen molar-refractivity contribution in [3.05, 3.63) is 23.8 Å². The van der Waals surface area contributed by atoms with Gasteiger partial charge in [0.05, 0.1) is 20.8 Å². The summed E-state index contributed by atoms with van der Waals surface area (Å²) in [5.74, 6) is 1.79. The van der Waals surface area contributed by atoms with Crippen LogP contribution in [0.15, 0.2) is 23.2 Å². The number of nitrogens with two attached hydrogens (primary N) is 1. The molecule has 0 aromatic heterocycles. The lowest BCUT2D eigenvalue weighted by molar-refractivity contribution is -0.128. The number of carbonyl (C=O) groups excluding carboxylic acids is 1. The Balaban J connectivity index is 0.00000529. The quantitative estimate of drug-likeness (QED) is 0.354. The van der Waals surface area contributed by atoms with E-state index in [1.54, 1.807) is 28.3 Å². The third kappa shape index (κ3) is 7.71. The minimum Gasteiger partial charge on any atom is -0.493 e. The molecule has 0 aliphatic carbocycles. The van der Waals surface area contributed by atoms with Crippen molar-refractivity contribution in [2.75, 3.05) is 41.4 Å². The Morgan fingerprint density at radius 2 is 1.92 bits per heavy atom. The zero-order chi connectivity index (χ0) is 17.2. The van der Waals surface area contributed by atoms with Gasteiger partial charge in [-0.25, -0.2) is 0 Å². The summed E-state index contributed by atoms with van der Waals surface area (Å²) < 4.78 is 10.5. The van der Waals surface area contributed by atoms with E-state index in [1.165, 1.54) is 4.90 Å². The first kappa shape index (κ1) is 22.3. The van der Waals surface area contributed by atoms with Crippen LogP contribution in [0.1, 0.15) is 12.0 Å². The summed E-state index contributed by atoms with van der Waals surface area (Å²) >= 11 is 0. The summed E-state index contributed by atoms with van der Waals surface area (Å²) in [6.07, 6.45) is 1.12. The Hall–Kier alpha value is -1.71. The molecule has 0 heterocycles. The fourth-order valence-corrected chi connectivity index (χ4v) is 1.92. The third-order valence-electron chi connectivity index (χ3n) is 3.27. The average Bonchev–Trinajstić information content (AvgIpc) is 2.54. The number of amides is 1. The smallest absolute Gasteiger partial charge is 0.223 e. The Labute approximate surface area is 160 Å². The summed E-state index contributed by atoms with van der Waals surface area (Å²) in [6.45, 7) is 1.03. The summed E-state index contributed by atoms with van der Waals surface area (Å²) in [4.78, 5) is 17.1. The van der Waals surface area contributed by atoms with E-state index in [2.05, 4.69) is 10.3 Å². The lowest BCUT2D eigenvalue weighted by Crippen LogP contribution is -2.33. The van der Waals surface area contributed by atoms with Gasteiger partial charge in [-0.3, -0.25) is 9.79 Å². The van der Waals surface area contributed by atoms with Gasteiger partial charge in [0.1, 0.15) is 0 Å². The molecule has 0 saturated heterocycles. The Bertz CT molecular complexity index is 550. The number of carbonyl (C=O) groups is 1. The van der Waals surface area contributed by atoms with E-state index >= 15 is 0 Å². The fourth-order valence-electron chi connectivity index (χ4n) is 1.92. The SMILES string of the molecule is COc1ccc(CCNC(N)=NCCC(=O)N(C)C)cc1OC.I. The normalized spacial score (nSPS) is 10.6. The number of hydrogen-bond acceptors (Lipinski definition) is 4. The molecular formula is C16H27IN4O3. The molecule has 0 aliphatic rings. The van der Waals surface area contributed by atoms with Crippen LogP contribution in [0.25, 0.3) is 0 Å². The first-order valence-electron chi connectivity index (χ1n) is 7.42. The van der Waals surface area contributed by atoms with Gasteiger partial charge in [0.15, 0.2) is 17.5 Å². The largest absolute Gasteiger partial charge is 0.493 e. The molecule has 136 valence electrons. The highest BCUT2D eigenvalue weighted by Gasteiger charge is 2.05. The van der Waals surface area contributed by atoms with Crippen molar-refractivity contribution >= 4 is 35.8 Å². The third-order valence-corrected chi connectivity index (χ3v) is 3.27. The molecule has 1 aromatic carbocycles. The van der Waals surface area contributed by atoms with Gasteiger partial charge >= 0.3 is 0 Å². The van der Waals surface area contributed by atoms with Crippen molar-refractivity contribution < 1.29 is 14.3 Å². The molecule has 0 unspecified atom stereocenters. The predicted octanol–water partition coefficient (Wildman–Crippen LogP) is 1.25. The van der Waals surface area contributed by atoms with E-state index in [0.29, 0.717) is 37.0 Å². The Morgan fingerprint density at radius 3 is 2.50 bits per heavy atom. The molecule has 0 fully saturated rings. The topological polar surface area (TPSA) is 89.2 Å². The van der Waals surface area contributed by atoms with Gasteiger partial charge in [0.2, 0.25) is 5.91 Å². The van der Waals surface area contributed by atoms with Crippen molar-refractivity contribution in [3.63, 3.8) is 0 Å². The molecule has 8 heteroatoms. The van der Waals surface area contributed by atoms with Gasteiger partial charge < -0.3 is 25.4 Å². The zero-order valence-electron chi connectivity index (χ0n) is 14.7. The number of methoxy groups -OCH3 is 2. The van der Waals surface area contributed by atoms with Crippen molar-refractivity contribution in [1.82, 2.24) is 10.2 Å². The van der Waals surface area contributed by atoms with Gasteiger partial charge in [-0.2, -0.15) is 0 Å². The molecule has 3 N–H and O–H groups in total. The van der Waals surface area contributed by atoms with Gasteiger partial charge in [-0.15, -0.1) is 24.0 Å². The minimum absolute atomic E-state index is 0. The van der Waals surface area contributed by atoms with Gasteiger partial charge in [-0.05, 0) is 24.1 Å². The number of hydrogen-bond donors (Lipinski definition) is 2. The highest BCUT2D eigenvalue weighted by Crippen LogP contribution is 2.27. The van der Waals surface area contributed by atoms with Crippen LogP contribution >= 0.6 is 24.0 Å². The fraction of sp³-hybridized carbons (Fsp3) is 0.500. The maximum absolute atomic E-state index is 11.4. The number of ether oxygens (including phenoxy) is 2. The Morgan fingerprint density at radius 1 is 1.25 bits per heavy atom. The molecule has 7 nitrogen and oxygen atoms in total. The van der Waals surface area contributed by atoms with Gasteiger partial charge in [0, 0.05) is 27.1 Å².